The van der Waals surface area contributed by atoms with Crippen LogP contribution < -0.4 is 11.1 Å². The van der Waals surface area contributed by atoms with Crippen molar-refractivity contribution in [2.45, 2.75) is 25.7 Å². The summed E-state index contributed by atoms with van der Waals surface area (Å²) >= 11 is 0. The van der Waals surface area contributed by atoms with Crippen molar-refractivity contribution >= 4 is 11.4 Å². The molecule has 3 nitrogen and oxygen atoms in total. The summed E-state index contributed by atoms with van der Waals surface area (Å²) in [4.78, 5) is 4.32. The molecule has 0 saturated heterocycles. The minimum atomic E-state index is 0.693. The summed E-state index contributed by atoms with van der Waals surface area (Å²) in [6.45, 7) is 2.97. The molecule has 1 saturated carbocycles. The molecule has 1 aromatic heterocycles. The largest absolute Gasteiger partial charge is 0.396 e. The number of hydrogen-bond donors (Lipinski definition) is 2. The maximum atomic E-state index is 5.77. The molecule has 0 radical (unpaired) electrons. The molecule has 2 rings (SSSR count). The van der Waals surface area contributed by atoms with Gasteiger partial charge in [-0.1, -0.05) is 0 Å². The third-order valence-electron chi connectivity index (χ3n) is 2.32. The molecule has 0 aromatic carbocycles. The number of rotatable bonds is 3. The number of nitrogens with zero attached hydrogens (tertiary/aromatic N) is 1. The summed E-state index contributed by atoms with van der Waals surface area (Å²) in [6.07, 6.45) is 4.32. The van der Waals surface area contributed by atoms with E-state index in [0.717, 1.165) is 17.9 Å². The van der Waals surface area contributed by atoms with Gasteiger partial charge in [0.15, 0.2) is 0 Å². The maximum absolute atomic E-state index is 5.77. The third-order valence-corrected chi connectivity index (χ3v) is 2.32. The fourth-order valence-corrected chi connectivity index (χ4v) is 1.43. The second-order valence-electron chi connectivity index (χ2n) is 3.50. The van der Waals surface area contributed by atoms with Gasteiger partial charge < -0.3 is 11.1 Å². The fraction of sp³-hybridized carbons (Fsp3) is 0.500. The Bertz CT molecular complexity index is 305. The lowest BCUT2D eigenvalue weighted by molar-refractivity contribution is 1.02. The molecule has 1 heterocycles. The number of pyridine rings is 1. The van der Waals surface area contributed by atoms with Gasteiger partial charge in [-0.15, -0.1) is 0 Å². The smallest absolute Gasteiger partial charge is 0.0736 e. The Morgan fingerprint density at radius 2 is 2.38 bits per heavy atom. The van der Waals surface area contributed by atoms with Crippen molar-refractivity contribution in [2.75, 3.05) is 17.6 Å². The van der Waals surface area contributed by atoms with Crippen molar-refractivity contribution in [3.8, 4) is 0 Å². The van der Waals surface area contributed by atoms with E-state index in [1.807, 2.05) is 0 Å². The molecule has 1 aliphatic carbocycles. The van der Waals surface area contributed by atoms with Gasteiger partial charge in [0.2, 0.25) is 0 Å². The predicted molar refractivity (Wildman–Crippen MR) is 54.8 cm³/mol. The van der Waals surface area contributed by atoms with Gasteiger partial charge in [0, 0.05) is 18.2 Å². The van der Waals surface area contributed by atoms with E-state index in [0.29, 0.717) is 5.92 Å². The van der Waals surface area contributed by atoms with Gasteiger partial charge in [-0.2, -0.15) is 0 Å². The van der Waals surface area contributed by atoms with Crippen molar-refractivity contribution in [3.05, 3.63) is 18.0 Å². The van der Waals surface area contributed by atoms with E-state index in [9.17, 15) is 0 Å². The van der Waals surface area contributed by atoms with Crippen LogP contribution in [0.4, 0.5) is 11.4 Å². The van der Waals surface area contributed by atoms with Gasteiger partial charge in [-0.3, -0.25) is 4.98 Å². The fourth-order valence-electron chi connectivity index (χ4n) is 1.43. The summed E-state index contributed by atoms with van der Waals surface area (Å²) in [5, 5.41) is 3.23. The van der Waals surface area contributed by atoms with Crippen LogP contribution in [0.2, 0.25) is 0 Å². The van der Waals surface area contributed by atoms with Crippen LogP contribution in [-0.4, -0.2) is 11.5 Å². The van der Waals surface area contributed by atoms with E-state index < -0.39 is 0 Å². The van der Waals surface area contributed by atoms with Crippen LogP contribution in [0.25, 0.3) is 0 Å². The Labute approximate surface area is 78.4 Å². The molecule has 3 heteroatoms. The van der Waals surface area contributed by atoms with Crippen molar-refractivity contribution in [3.63, 3.8) is 0 Å². The van der Waals surface area contributed by atoms with Crippen LogP contribution in [-0.2, 0) is 0 Å². The average molecular weight is 177 g/mol. The highest BCUT2D eigenvalue weighted by atomic mass is 14.9. The van der Waals surface area contributed by atoms with Crippen molar-refractivity contribution in [1.82, 2.24) is 4.98 Å². The first-order valence-corrected chi connectivity index (χ1v) is 4.80. The topological polar surface area (TPSA) is 50.9 Å². The Kier molecular flexibility index (Phi) is 2.08. The number of aromatic nitrogens is 1. The van der Waals surface area contributed by atoms with Crippen LogP contribution >= 0.6 is 0 Å². The zero-order valence-corrected chi connectivity index (χ0v) is 7.88. The standard InChI is InChI=1S/C10H15N3/c1-2-12-10-5-9(7-3-4-7)13-6-8(10)11/h5-7H,2-4,11H2,1H3,(H,12,13). The molecule has 3 N–H and O–H groups in total. The molecular weight excluding hydrogens is 162 g/mol. The summed E-state index contributed by atoms with van der Waals surface area (Å²) in [5.74, 6) is 0.693. The number of anilines is 2. The van der Waals surface area contributed by atoms with Crippen molar-refractivity contribution < 1.29 is 0 Å². The minimum absolute atomic E-state index is 0.693. The molecule has 0 atom stereocenters. The van der Waals surface area contributed by atoms with Gasteiger partial charge in [-0.05, 0) is 25.8 Å². The minimum Gasteiger partial charge on any atom is -0.396 e. The average Bonchev–Trinajstić information content (AvgIpc) is 2.92. The highest BCUT2D eigenvalue weighted by Crippen LogP contribution is 2.40. The highest BCUT2D eigenvalue weighted by Gasteiger charge is 2.25. The number of nitrogens with one attached hydrogen (secondary N) is 1. The Morgan fingerprint density at radius 3 is 3.00 bits per heavy atom. The van der Waals surface area contributed by atoms with Gasteiger partial charge in [0.05, 0.1) is 17.6 Å². The van der Waals surface area contributed by atoms with E-state index in [4.69, 9.17) is 5.73 Å². The Balaban J connectivity index is 2.25. The Hall–Kier alpha value is -1.25. The second-order valence-corrected chi connectivity index (χ2v) is 3.50. The molecule has 0 aliphatic heterocycles. The summed E-state index contributed by atoms with van der Waals surface area (Å²) in [5.41, 5.74) is 8.73. The molecule has 0 unspecified atom stereocenters. The van der Waals surface area contributed by atoms with E-state index >= 15 is 0 Å². The summed E-state index contributed by atoms with van der Waals surface area (Å²) in [7, 11) is 0. The molecule has 0 spiro atoms. The highest BCUT2D eigenvalue weighted by molar-refractivity contribution is 5.65. The van der Waals surface area contributed by atoms with Gasteiger partial charge >= 0.3 is 0 Å². The van der Waals surface area contributed by atoms with E-state index in [-0.39, 0.29) is 0 Å². The van der Waals surface area contributed by atoms with Crippen LogP contribution in [0.3, 0.4) is 0 Å². The van der Waals surface area contributed by atoms with E-state index in [1.54, 1.807) is 6.20 Å². The lowest BCUT2D eigenvalue weighted by atomic mass is 10.2. The molecular formula is C10H15N3. The number of nitrogen functional groups attached to an aromatic ring is 1. The van der Waals surface area contributed by atoms with E-state index in [1.165, 1.54) is 18.5 Å². The quantitative estimate of drug-likeness (QED) is 0.742. The monoisotopic (exact) mass is 177 g/mol. The van der Waals surface area contributed by atoms with Crippen LogP contribution in [0.15, 0.2) is 12.3 Å². The van der Waals surface area contributed by atoms with Crippen LogP contribution in [0.5, 0.6) is 0 Å². The number of nitrogens with two attached hydrogens (primary N) is 1. The first kappa shape index (κ1) is 8.35. The zero-order chi connectivity index (χ0) is 9.26. The molecule has 13 heavy (non-hydrogen) atoms. The lowest BCUT2D eigenvalue weighted by Crippen LogP contribution is -2.02. The SMILES string of the molecule is CCNc1cc(C2CC2)ncc1N. The molecule has 0 bridgehead atoms. The van der Waals surface area contributed by atoms with Crippen LogP contribution in [0.1, 0.15) is 31.4 Å². The molecule has 1 aromatic rings. The molecule has 0 amide bonds. The first-order valence-electron chi connectivity index (χ1n) is 4.80. The third kappa shape index (κ3) is 1.74. The predicted octanol–water partition coefficient (Wildman–Crippen LogP) is 1.97. The van der Waals surface area contributed by atoms with Crippen molar-refractivity contribution in [1.29, 1.82) is 0 Å². The van der Waals surface area contributed by atoms with Gasteiger partial charge in [0.1, 0.15) is 0 Å². The zero-order valence-electron chi connectivity index (χ0n) is 7.88. The van der Waals surface area contributed by atoms with Gasteiger partial charge in [-0.25, -0.2) is 0 Å². The first-order chi connectivity index (χ1) is 6.31. The van der Waals surface area contributed by atoms with Crippen LogP contribution in [0, 0.1) is 0 Å². The summed E-state index contributed by atoms with van der Waals surface area (Å²) in [6, 6.07) is 2.08. The normalized spacial score (nSPS) is 15.8. The van der Waals surface area contributed by atoms with Gasteiger partial charge in [0.25, 0.3) is 0 Å². The van der Waals surface area contributed by atoms with Crippen molar-refractivity contribution in [2.24, 2.45) is 0 Å². The molecule has 70 valence electrons. The summed E-state index contributed by atoms with van der Waals surface area (Å²) < 4.78 is 0. The van der Waals surface area contributed by atoms with E-state index in [2.05, 4.69) is 23.3 Å². The Morgan fingerprint density at radius 1 is 1.62 bits per heavy atom. The maximum Gasteiger partial charge on any atom is 0.0736 e. The number of hydrogen-bond acceptors (Lipinski definition) is 3. The molecule has 1 aliphatic rings. The second kappa shape index (κ2) is 3.24. The molecule has 1 fully saturated rings. The lowest BCUT2D eigenvalue weighted by Gasteiger charge is -2.08.